The molecule has 6 nitrogen and oxygen atoms in total. The van der Waals surface area contributed by atoms with Gasteiger partial charge >= 0.3 is 6.09 Å². The molecule has 1 aromatic carbocycles. The van der Waals surface area contributed by atoms with Gasteiger partial charge in [0.2, 0.25) is 0 Å². The van der Waals surface area contributed by atoms with Crippen molar-refractivity contribution in [1.29, 1.82) is 0 Å². The molecule has 0 heterocycles. The fraction of sp³-hybridized carbons (Fsp3) is 0.467. The SMILES string of the molecule is COc1ccc(NC(=O)OC(C)(C)C)c(C(C)=O)c1OC. The number of amides is 1. The standard InChI is InChI=1S/C15H21NO5/c1-9(17)12-10(16-14(18)21-15(2,3)4)7-8-11(19-5)13(12)20-6/h7-8H,1-6H3,(H,16,18). The van der Waals surface area contributed by atoms with Crippen LogP contribution < -0.4 is 14.8 Å². The Morgan fingerprint density at radius 1 is 1.10 bits per heavy atom. The van der Waals surface area contributed by atoms with Crippen LogP contribution in [-0.4, -0.2) is 31.7 Å². The molecule has 1 amide bonds. The van der Waals surface area contributed by atoms with Crippen molar-refractivity contribution in [2.45, 2.75) is 33.3 Å². The van der Waals surface area contributed by atoms with Crippen LogP contribution in [0, 0.1) is 0 Å². The van der Waals surface area contributed by atoms with Crippen LogP contribution in [0.3, 0.4) is 0 Å². The van der Waals surface area contributed by atoms with Crippen LogP contribution in [-0.2, 0) is 4.74 Å². The van der Waals surface area contributed by atoms with Crippen molar-refractivity contribution in [2.24, 2.45) is 0 Å². The summed E-state index contributed by atoms with van der Waals surface area (Å²) in [5.41, 5.74) is -0.0751. The van der Waals surface area contributed by atoms with Crippen LogP contribution in [0.1, 0.15) is 38.1 Å². The Labute approximate surface area is 124 Å². The highest BCUT2D eigenvalue weighted by Crippen LogP contribution is 2.36. The average molecular weight is 295 g/mol. The van der Waals surface area contributed by atoms with Crippen molar-refractivity contribution in [3.63, 3.8) is 0 Å². The second-order valence-corrected chi connectivity index (χ2v) is 5.41. The number of methoxy groups -OCH3 is 2. The van der Waals surface area contributed by atoms with Gasteiger partial charge < -0.3 is 14.2 Å². The maximum absolute atomic E-state index is 11.9. The van der Waals surface area contributed by atoms with Gasteiger partial charge in [-0.25, -0.2) is 4.79 Å². The van der Waals surface area contributed by atoms with Crippen LogP contribution in [0.15, 0.2) is 12.1 Å². The van der Waals surface area contributed by atoms with Gasteiger partial charge in [0.25, 0.3) is 0 Å². The molecule has 0 aliphatic heterocycles. The summed E-state index contributed by atoms with van der Waals surface area (Å²) in [6.07, 6.45) is -0.641. The molecular formula is C15H21NO5. The molecular weight excluding hydrogens is 274 g/mol. The number of Topliss-reactive ketones (excluding diaryl/α,β-unsaturated/α-hetero) is 1. The number of carbonyl (C=O) groups is 2. The first-order valence-electron chi connectivity index (χ1n) is 6.45. The second-order valence-electron chi connectivity index (χ2n) is 5.41. The molecule has 116 valence electrons. The van der Waals surface area contributed by atoms with E-state index in [0.29, 0.717) is 11.4 Å². The molecule has 0 atom stereocenters. The predicted molar refractivity (Wildman–Crippen MR) is 79.4 cm³/mol. The molecule has 0 saturated carbocycles. The fourth-order valence-corrected chi connectivity index (χ4v) is 1.79. The van der Waals surface area contributed by atoms with E-state index in [4.69, 9.17) is 14.2 Å². The Kier molecular flexibility index (Phi) is 5.18. The first kappa shape index (κ1) is 16.8. The van der Waals surface area contributed by atoms with Gasteiger partial charge in [0.1, 0.15) is 5.60 Å². The summed E-state index contributed by atoms with van der Waals surface area (Å²) >= 11 is 0. The summed E-state index contributed by atoms with van der Waals surface area (Å²) < 4.78 is 15.5. The number of rotatable bonds is 4. The molecule has 0 unspecified atom stereocenters. The quantitative estimate of drug-likeness (QED) is 0.863. The van der Waals surface area contributed by atoms with Crippen molar-refractivity contribution in [2.75, 3.05) is 19.5 Å². The molecule has 0 aliphatic rings. The largest absolute Gasteiger partial charge is 0.493 e. The minimum absolute atomic E-state index is 0.239. The van der Waals surface area contributed by atoms with Gasteiger partial charge in [-0.1, -0.05) is 0 Å². The van der Waals surface area contributed by atoms with Crippen molar-refractivity contribution < 1.29 is 23.8 Å². The molecule has 1 N–H and O–H groups in total. The summed E-state index contributed by atoms with van der Waals surface area (Å²) in [6.45, 7) is 6.66. The number of benzene rings is 1. The van der Waals surface area contributed by atoms with Gasteiger partial charge in [-0.3, -0.25) is 10.1 Å². The Bertz CT molecular complexity index is 546. The highest BCUT2D eigenvalue weighted by molar-refractivity contribution is 6.05. The van der Waals surface area contributed by atoms with Crippen molar-refractivity contribution in [3.05, 3.63) is 17.7 Å². The highest BCUT2D eigenvalue weighted by atomic mass is 16.6. The van der Waals surface area contributed by atoms with E-state index < -0.39 is 11.7 Å². The van der Waals surface area contributed by atoms with E-state index in [-0.39, 0.29) is 17.1 Å². The van der Waals surface area contributed by atoms with Crippen LogP contribution >= 0.6 is 0 Å². The highest BCUT2D eigenvalue weighted by Gasteiger charge is 2.22. The van der Waals surface area contributed by atoms with Gasteiger partial charge in [0.15, 0.2) is 17.3 Å². The Balaban J connectivity index is 3.19. The first-order chi connectivity index (χ1) is 9.69. The normalized spacial score (nSPS) is 10.8. The fourth-order valence-electron chi connectivity index (χ4n) is 1.79. The van der Waals surface area contributed by atoms with Crippen LogP contribution in [0.4, 0.5) is 10.5 Å². The minimum atomic E-state index is -0.641. The monoisotopic (exact) mass is 295 g/mol. The maximum atomic E-state index is 11.9. The Hall–Kier alpha value is -2.24. The zero-order valence-corrected chi connectivity index (χ0v) is 13.2. The van der Waals surface area contributed by atoms with Crippen molar-refractivity contribution in [1.82, 2.24) is 0 Å². The maximum Gasteiger partial charge on any atom is 0.412 e. The van der Waals surface area contributed by atoms with Gasteiger partial charge in [-0.05, 0) is 39.8 Å². The summed E-state index contributed by atoms with van der Waals surface area (Å²) in [5.74, 6) is 0.438. The number of hydrogen-bond donors (Lipinski definition) is 1. The Morgan fingerprint density at radius 3 is 2.14 bits per heavy atom. The molecule has 0 radical (unpaired) electrons. The van der Waals surface area contributed by atoms with Gasteiger partial charge in [-0.15, -0.1) is 0 Å². The number of ether oxygens (including phenoxy) is 3. The molecule has 1 aromatic rings. The van der Waals surface area contributed by atoms with Crippen LogP contribution in [0.2, 0.25) is 0 Å². The van der Waals surface area contributed by atoms with Gasteiger partial charge in [-0.2, -0.15) is 0 Å². The predicted octanol–water partition coefficient (Wildman–Crippen LogP) is 3.25. The van der Waals surface area contributed by atoms with E-state index in [0.717, 1.165) is 0 Å². The molecule has 0 spiro atoms. The van der Waals surface area contributed by atoms with E-state index in [1.54, 1.807) is 32.9 Å². The lowest BCUT2D eigenvalue weighted by Crippen LogP contribution is -2.27. The molecule has 0 saturated heterocycles. The second kappa shape index (κ2) is 6.47. The lowest BCUT2D eigenvalue weighted by Gasteiger charge is -2.21. The average Bonchev–Trinajstić information content (AvgIpc) is 2.35. The van der Waals surface area contributed by atoms with Crippen molar-refractivity contribution >= 4 is 17.6 Å². The summed E-state index contributed by atoms with van der Waals surface area (Å²) in [6, 6.07) is 3.18. The molecule has 0 aliphatic carbocycles. The van der Waals surface area contributed by atoms with E-state index >= 15 is 0 Å². The number of nitrogens with one attached hydrogen (secondary N) is 1. The minimum Gasteiger partial charge on any atom is -0.493 e. The van der Waals surface area contributed by atoms with E-state index in [9.17, 15) is 9.59 Å². The third-order valence-electron chi connectivity index (χ3n) is 2.53. The van der Waals surface area contributed by atoms with E-state index in [2.05, 4.69) is 5.32 Å². The third-order valence-corrected chi connectivity index (χ3v) is 2.53. The number of hydrogen-bond acceptors (Lipinski definition) is 5. The molecule has 0 bridgehead atoms. The first-order valence-corrected chi connectivity index (χ1v) is 6.45. The van der Waals surface area contributed by atoms with Crippen molar-refractivity contribution in [3.8, 4) is 11.5 Å². The number of carbonyl (C=O) groups excluding carboxylic acids is 2. The van der Waals surface area contributed by atoms with Crippen LogP contribution in [0.5, 0.6) is 11.5 Å². The van der Waals surface area contributed by atoms with Gasteiger partial charge in [0.05, 0.1) is 25.5 Å². The lowest BCUT2D eigenvalue weighted by molar-refractivity contribution is 0.0636. The lowest BCUT2D eigenvalue weighted by atomic mass is 10.1. The number of ketones is 1. The summed E-state index contributed by atoms with van der Waals surface area (Å²) in [7, 11) is 2.91. The smallest absolute Gasteiger partial charge is 0.412 e. The van der Waals surface area contributed by atoms with Crippen LogP contribution in [0.25, 0.3) is 0 Å². The summed E-state index contributed by atoms with van der Waals surface area (Å²) in [5, 5.41) is 2.56. The zero-order valence-electron chi connectivity index (χ0n) is 13.2. The Morgan fingerprint density at radius 2 is 1.71 bits per heavy atom. The topological polar surface area (TPSA) is 73.9 Å². The zero-order chi connectivity index (χ0) is 16.2. The number of anilines is 1. The molecule has 0 fully saturated rings. The molecule has 6 heteroatoms. The third kappa shape index (κ3) is 4.37. The molecule has 21 heavy (non-hydrogen) atoms. The van der Waals surface area contributed by atoms with Gasteiger partial charge in [0, 0.05) is 0 Å². The van der Waals surface area contributed by atoms with E-state index in [1.165, 1.54) is 21.1 Å². The molecule has 1 rings (SSSR count). The van der Waals surface area contributed by atoms with E-state index in [1.807, 2.05) is 0 Å². The molecule has 0 aromatic heterocycles. The summed E-state index contributed by atoms with van der Waals surface area (Å²) in [4.78, 5) is 23.7.